The Kier molecular flexibility index (Phi) is 6.67. The van der Waals surface area contributed by atoms with Crippen LogP contribution in [0.25, 0.3) is 0 Å². The summed E-state index contributed by atoms with van der Waals surface area (Å²) < 4.78 is 5.42. The Morgan fingerprint density at radius 2 is 2.16 bits per heavy atom. The average molecular weight is 285 g/mol. The Hall–Kier alpha value is -1.26. The number of unbranched alkanes of at least 4 members (excludes halogenated alkanes) is 1. The van der Waals surface area contributed by atoms with Crippen LogP contribution in [0.15, 0.2) is 18.2 Å². The van der Waals surface area contributed by atoms with E-state index in [9.17, 15) is 4.79 Å². The molecular weight excluding hydrogens is 264 g/mol. The minimum atomic E-state index is -0.190. The molecule has 0 unspecified atom stereocenters. The first-order valence-corrected chi connectivity index (χ1v) is 6.84. The summed E-state index contributed by atoms with van der Waals surface area (Å²) in [5, 5.41) is 3.22. The van der Waals surface area contributed by atoms with Gasteiger partial charge in [0.15, 0.2) is 0 Å². The molecule has 1 amide bonds. The standard InChI is InChI=1S/C14H21ClN2O2/c1-10(2)19-9-4-3-8-17-14(18)11-6-5-7-12(15)13(11)16/h5-7,10H,3-4,8-9,16H2,1-2H3,(H,17,18). The Labute approximate surface area is 119 Å². The fourth-order valence-corrected chi connectivity index (χ4v) is 1.75. The molecule has 0 bridgehead atoms. The highest BCUT2D eigenvalue weighted by atomic mass is 35.5. The number of hydrogen-bond donors (Lipinski definition) is 2. The average Bonchev–Trinajstić information content (AvgIpc) is 2.36. The van der Waals surface area contributed by atoms with Crippen LogP contribution in [0.3, 0.4) is 0 Å². The van der Waals surface area contributed by atoms with Gasteiger partial charge in [0.25, 0.3) is 5.91 Å². The lowest BCUT2D eigenvalue weighted by Gasteiger charge is -2.09. The molecule has 0 spiro atoms. The van der Waals surface area contributed by atoms with Crippen LogP contribution in [-0.4, -0.2) is 25.2 Å². The molecule has 1 rings (SSSR count). The van der Waals surface area contributed by atoms with Crippen LogP contribution in [0.4, 0.5) is 5.69 Å². The largest absolute Gasteiger partial charge is 0.397 e. The molecule has 0 aromatic heterocycles. The first-order chi connectivity index (χ1) is 9.02. The lowest BCUT2D eigenvalue weighted by Crippen LogP contribution is -2.25. The highest BCUT2D eigenvalue weighted by molar-refractivity contribution is 6.33. The molecule has 0 heterocycles. The molecule has 5 heteroatoms. The van der Waals surface area contributed by atoms with Crippen molar-refractivity contribution in [1.82, 2.24) is 5.32 Å². The van der Waals surface area contributed by atoms with Gasteiger partial charge in [0.1, 0.15) is 0 Å². The van der Waals surface area contributed by atoms with Gasteiger partial charge in [-0.2, -0.15) is 0 Å². The number of para-hydroxylation sites is 1. The molecule has 0 saturated heterocycles. The molecule has 19 heavy (non-hydrogen) atoms. The number of rotatable bonds is 7. The molecule has 0 aliphatic heterocycles. The van der Waals surface area contributed by atoms with Crippen molar-refractivity contribution in [2.24, 2.45) is 0 Å². The van der Waals surface area contributed by atoms with Gasteiger partial charge in [-0.1, -0.05) is 17.7 Å². The van der Waals surface area contributed by atoms with Crippen molar-refractivity contribution < 1.29 is 9.53 Å². The Morgan fingerprint density at radius 3 is 2.84 bits per heavy atom. The van der Waals surface area contributed by atoms with Crippen molar-refractivity contribution in [3.05, 3.63) is 28.8 Å². The summed E-state index contributed by atoms with van der Waals surface area (Å²) in [6.45, 7) is 5.33. The zero-order valence-corrected chi connectivity index (χ0v) is 12.2. The highest BCUT2D eigenvalue weighted by Crippen LogP contribution is 2.22. The molecular formula is C14H21ClN2O2. The van der Waals surface area contributed by atoms with E-state index in [-0.39, 0.29) is 12.0 Å². The molecule has 0 saturated carbocycles. The molecule has 0 fully saturated rings. The van der Waals surface area contributed by atoms with E-state index in [2.05, 4.69) is 5.32 Å². The van der Waals surface area contributed by atoms with Crippen LogP contribution < -0.4 is 11.1 Å². The number of carbonyl (C=O) groups is 1. The zero-order chi connectivity index (χ0) is 14.3. The van der Waals surface area contributed by atoms with E-state index < -0.39 is 0 Å². The third-order valence-corrected chi connectivity index (χ3v) is 2.93. The molecule has 3 N–H and O–H groups in total. The second kappa shape index (κ2) is 8.02. The SMILES string of the molecule is CC(C)OCCCCNC(=O)c1cccc(Cl)c1N. The number of nitrogens with two attached hydrogens (primary N) is 1. The van der Waals surface area contributed by atoms with E-state index in [0.717, 1.165) is 12.8 Å². The number of benzene rings is 1. The van der Waals surface area contributed by atoms with E-state index in [1.165, 1.54) is 0 Å². The van der Waals surface area contributed by atoms with Gasteiger partial charge < -0.3 is 15.8 Å². The minimum Gasteiger partial charge on any atom is -0.397 e. The molecule has 0 aliphatic carbocycles. The van der Waals surface area contributed by atoms with E-state index in [1.54, 1.807) is 18.2 Å². The quantitative estimate of drug-likeness (QED) is 0.598. The number of halogens is 1. The number of nitrogen functional groups attached to an aromatic ring is 1. The number of anilines is 1. The van der Waals surface area contributed by atoms with Gasteiger partial charge in [0.2, 0.25) is 0 Å². The predicted octanol–water partition coefficient (Wildman–Crippen LogP) is 2.86. The summed E-state index contributed by atoms with van der Waals surface area (Å²) in [7, 11) is 0. The summed E-state index contributed by atoms with van der Waals surface area (Å²) in [5.74, 6) is -0.190. The van der Waals surface area contributed by atoms with Crippen molar-refractivity contribution in [1.29, 1.82) is 0 Å². The number of carbonyl (C=O) groups excluding carboxylic acids is 1. The number of hydrogen-bond acceptors (Lipinski definition) is 3. The monoisotopic (exact) mass is 284 g/mol. The lowest BCUT2D eigenvalue weighted by atomic mass is 10.1. The second-order valence-corrected chi connectivity index (χ2v) is 4.99. The van der Waals surface area contributed by atoms with Crippen molar-refractivity contribution in [2.75, 3.05) is 18.9 Å². The normalized spacial score (nSPS) is 10.7. The molecule has 0 radical (unpaired) electrons. The van der Waals surface area contributed by atoms with Gasteiger partial charge >= 0.3 is 0 Å². The van der Waals surface area contributed by atoms with E-state index in [4.69, 9.17) is 22.1 Å². The van der Waals surface area contributed by atoms with Crippen molar-refractivity contribution in [3.63, 3.8) is 0 Å². The molecule has 106 valence electrons. The van der Waals surface area contributed by atoms with Crippen molar-refractivity contribution in [2.45, 2.75) is 32.8 Å². The molecule has 0 atom stereocenters. The number of nitrogens with one attached hydrogen (secondary N) is 1. The summed E-state index contributed by atoms with van der Waals surface area (Å²) in [5.41, 5.74) is 6.50. The first-order valence-electron chi connectivity index (χ1n) is 6.46. The third-order valence-electron chi connectivity index (χ3n) is 2.61. The fourth-order valence-electron chi connectivity index (χ4n) is 1.58. The van der Waals surface area contributed by atoms with Crippen LogP contribution >= 0.6 is 11.6 Å². The van der Waals surface area contributed by atoms with Crippen LogP contribution in [0, 0.1) is 0 Å². The van der Waals surface area contributed by atoms with Crippen LogP contribution in [0.2, 0.25) is 5.02 Å². The van der Waals surface area contributed by atoms with Crippen molar-refractivity contribution >= 4 is 23.2 Å². The fraction of sp³-hybridized carbons (Fsp3) is 0.500. The maximum absolute atomic E-state index is 11.9. The molecule has 4 nitrogen and oxygen atoms in total. The van der Waals surface area contributed by atoms with Gasteiger partial charge in [0, 0.05) is 13.2 Å². The van der Waals surface area contributed by atoms with Gasteiger partial charge in [-0.05, 0) is 38.8 Å². The molecule has 0 aliphatic rings. The van der Waals surface area contributed by atoms with Crippen LogP contribution in [0.5, 0.6) is 0 Å². The van der Waals surface area contributed by atoms with Gasteiger partial charge in [-0.15, -0.1) is 0 Å². The zero-order valence-electron chi connectivity index (χ0n) is 11.4. The summed E-state index contributed by atoms with van der Waals surface area (Å²) >= 11 is 5.87. The summed E-state index contributed by atoms with van der Waals surface area (Å²) in [4.78, 5) is 11.9. The van der Waals surface area contributed by atoms with Gasteiger partial charge in [-0.25, -0.2) is 0 Å². The van der Waals surface area contributed by atoms with E-state index in [0.29, 0.717) is 29.4 Å². The highest BCUT2D eigenvalue weighted by Gasteiger charge is 2.10. The number of amides is 1. The topological polar surface area (TPSA) is 64.3 Å². The van der Waals surface area contributed by atoms with Gasteiger partial charge in [-0.3, -0.25) is 4.79 Å². The van der Waals surface area contributed by atoms with E-state index in [1.807, 2.05) is 13.8 Å². The maximum Gasteiger partial charge on any atom is 0.253 e. The summed E-state index contributed by atoms with van der Waals surface area (Å²) in [6, 6.07) is 5.04. The lowest BCUT2D eigenvalue weighted by molar-refractivity contribution is 0.0754. The predicted molar refractivity (Wildman–Crippen MR) is 78.5 cm³/mol. The Bertz CT molecular complexity index is 422. The first kappa shape index (κ1) is 15.8. The number of ether oxygens (including phenoxy) is 1. The minimum absolute atomic E-state index is 0.190. The third kappa shape index (κ3) is 5.49. The Morgan fingerprint density at radius 1 is 1.42 bits per heavy atom. The molecule has 1 aromatic rings. The van der Waals surface area contributed by atoms with Crippen molar-refractivity contribution in [3.8, 4) is 0 Å². The summed E-state index contributed by atoms with van der Waals surface area (Å²) in [6.07, 6.45) is 2.04. The molecule has 1 aromatic carbocycles. The van der Waals surface area contributed by atoms with E-state index >= 15 is 0 Å². The van der Waals surface area contributed by atoms with Crippen LogP contribution in [0.1, 0.15) is 37.0 Å². The maximum atomic E-state index is 11.9. The van der Waals surface area contributed by atoms with Crippen LogP contribution in [-0.2, 0) is 4.74 Å². The smallest absolute Gasteiger partial charge is 0.253 e. The van der Waals surface area contributed by atoms with Gasteiger partial charge in [0.05, 0.1) is 22.4 Å². The Balaban J connectivity index is 2.30. The second-order valence-electron chi connectivity index (χ2n) is 4.58.